The van der Waals surface area contributed by atoms with Crippen LogP contribution in [0.4, 0.5) is 35.7 Å². The molecule has 1 saturated heterocycles. The number of anilines is 3. The highest BCUT2D eigenvalue weighted by Gasteiger charge is 2.45. The summed E-state index contributed by atoms with van der Waals surface area (Å²) in [5.41, 5.74) is 4.10. The molecule has 1 aliphatic rings. The molecule has 0 radical (unpaired) electrons. The average molecular weight is 499 g/mol. The molecule has 3 aromatic rings. The minimum absolute atomic E-state index is 0.0911. The number of aromatic nitrogens is 2. The Bertz CT molecular complexity index is 1270. The van der Waals surface area contributed by atoms with E-state index < -0.39 is 31.1 Å². The van der Waals surface area contributed by atoms with Crippen molar-refractivity contribution in [2.24, 2.45) is 0 Å². The molecular weight excluding hydrogens is 478 g/mol. The zero-order valence-corrected chi connectivity index (χ0v) is 19.3. The topological polar surface area (TPSA) is 99.7 Å². The Kier molecular flexibility index (Phi) is 6.79. The lowest BCUT2D eigenvalue weighted by Crippen LogP contribution is -2.56. The van der Waals surface area contributed by atoms with Gasteiger partial charge in [-0.3, -0.25) is 5.32 Å². The molecule has 2 N–H and O–H groups in total. The van der Waals surface area contributed by atoms with Crippen molar-refractivity contribution in [1.82, 2.24) is 15.4 Å². The Morgan fingerprint density at radius 2 is 2.03 bits per heavy atom. The van der Waals surface area contributed by atoms with Crippen LogP contribution < -0.4 is 20.7 Å². The number of hydrogen-bond acceptors (Lipinski definition) is 7. The summed E-state index contributed by atoms with van der Waals surface area (Å²) >= 11 is 1.18. The first-order valence-corrected chi connectivity index (χ1v) is 11.3. The number of pyridine rings is 1. The fourth-order valence-corrected chi connectivity index (χ4v) is 3.93. The quantitative estimate of drug-likeness (QED) is 0.401. The third-order valence-corrected chi connectivity index (χ3v) is 5.67. The highest BCUT2D eigenvalue weighted by Crippen LogP contribution is 2.36. The van der Waals surface area contributed by atoms with Crippen LogP contribution in [0.3, 0.4) is 0 Å². The predicted molar refractivity (Wildman–Crippen MR) is 129 cm³/mol. The van der Waals surface area contributed by atoms with Crippen molar-refractivity contribution in [3.63, 3.8) is 0 Å². The van der Waals surface area contributed by atoms with Gasteiger partial charge >= 0.3 is 12.1 Å². The van der Waals surface area contributed by atoms with Crippen molar-refractivity contribution in [1.29, 1.82) is 0 Å². The molecule has 1 aromatic carbocycles. The van der Waals surface area contributed by atoms with Crippen molar-refractivity contribution < 1.29 is 23.1 Å². The number of hydrazine groups is 1. The van der Waals surface area contributed by atoms with Gasteiger partial charge in [-0.05, 0) is 42.7 Å². The van der Waals surface area contributed by atoms with E-state index in [4.69, 9.17) is 11.2 Å². The summed E-state index contributed by atoms with van der Waals surface area (Å²) in [4.78, 5) is 34.8. The molecule has 9 nitrogen and oxygen atoms in total. The van der Waals surface area contributed by atoms with Gasteiger partial charge in [-0.15, -0.1) is 17.8 Å². The molecule has 35 heavy (non-hydrogen) atoms. The standard InChI is InChI=1S/C23H20F2N6O3S/c1-3-19-27-18(12-35-19)28-21(32)29-31(22(33)34-4-2)16-9-7-15(8-10-16)17-6-5-11-26-20(17)30-13-23(24,25)14-30/h1,5-12H,4,13-14H2,2H3,(H2,28,29,32). The minimum atomic E-state index is -2.73. The molecule has 2 aromatic heterocycles. The van der Waals surface area contributed by atoms with E-state index in [0.717, 1.165) is 5.01 Å². The zero-order chi connectivity index (χ0) is 25.0. The lowest BCUT2D eigenvalue weighted by atomic mass is 10.0. The van der Waals surface area contributed by atoms with Gasteiger partial charge in [0.25, 0.3) is 5.92 Å². The Morgan fingerprint density at radius 3 is 2.66 bits per heavy atom. The molecule has 4 rings (SSSR count). The monoisotopic (exact) mass is 498 g/mol. The lowest BCUT2D eigenvalue weighted by molar-refractivity contribution is -0.0266. The summed E-state index contributed by atoms with van der Waals surface area (Å²) in [6, 6.07) is 9.33. The van der Waals surface area contributed by atoms with E-state index in [0.29, 0.717) is 27.6 Å². The Hall–Kier alpha value is -4.24. The predicted octanol–water partition coefficient (Wildman–Crippen LogP) is 4.34. The first kappa shape index (κ1) is 23.9. The van der Waals surface area contributed by atoms with Gasteiger partial charge in [-0.25, -0.2) is 33.8 Å². The molecule has 3 heterocycles. The van der Waals surface area contributed by atoms with E-state index in [1.165, 1.54) is 16.2 Å². The number of urea groups is 1. The maximum Gasteiger partial charge on any atom is 0.433 e. The number of hydrogen-bond donors (Lipinski definition) is 2. The number of carbonyl (C=O) groups excluding carboxylic acids is 2. The van der Waals surface area contributed by atoms with Crippen molar-refractivity contribution in [2.45, 2.75) is 12.8 Å². The Morgan fingerprint density at radius 1 is 1.29 bits per heavy atom. The second kappa shape index (κ2) is 9.94. The van der Waals surface area contributed by atoms with Crippen molar-refractivity contribution >= 4 is 40.8 Å². The number of rotatable bonds is 5. The summed E-state index contributed by atoms with van der Waals surface area (Å²) in [5, 5.41) is 5.41. The number of nitrogens with one attached hydrogen (secondary N) is 2. The number of alkyl halides is 2. The van der Waals surface area contributed by atoms with Crippen LogP contribution in [0.25, 0.3) is 11.1 Å². The summed E-state index contributed by atoms with van der Waals surface area (Å²) < 4.78 is 31.8. The van der Waals surface area contributed by atoms with Crippen LogP contribution in [-0.4, -0.2) is 47.7 Å². The Balaban J connectivity index is 1.53. The highest BCUT2D eigenvalue weighted by molar-refractivity contribution is 7.10. The van der Waals surface area contributed by atoms with Crippen LogP contribution >= 0.6 is 11.3 Å². The molecule has 1 fully saturated rings. The van der Waals surface area contributed by atoms with Gasteiger partial charge in [0, 0.05) is 17.1 Å². The lowest BCUT2D eigenvalue weighted by Gasteiger charge is -2.40. The van der Waals surface area contributed by atoms with Crippen molar-refractivity contribution in [3.8, 4) is 23.5 Å². The van der Waals surface area contributed by atoms with Crippen LogP contribution in [0.5, 0.6) is 0 Å². The number of benzene rings is 1. The van der Waals surface area contributed by atoms with Gasteiger partial charge in [-0.1, -0.05) is 12.1 Å². The normalized spacial score (nSPS) is 13.8. The maximum absolute atomic E-state index is 13.4. The third kappa shape index (κ3) is 5.47. The second-order valence-electron chi connectivity index (χ2n) is 7.42. The molecule has 0 bridgehead atoms. The summed E-state index contributed by atoms with van der Waals surface area (Å²) in [5.74, 6) is 0.321. The summed E-state index contributed by atoms with van der Waals surface area (Å²) in [6.07, 6.45) is 6.03. The molecular formula is C23H20F2N6O3S. The van der Waals surface area contributed by atoms with E-state index in [2.05, 4.69) is 26.6 Å². The molecule has 3 amide bonds. The molecule has 0 atom stereocenters. The molecule has 0 saturated carbocycles. The number of ether oxygens (including phenoxy) is 1. The largest absolute Gasteiger partial charge is 0.448 e. The van der Waals surface area contributed by atoms with Gasteiger partial charge in [-0.2, -0.15) is 5.01 Å². The Labute approximate surface area is 203 Å². The van der Waals surface area contributed by atoms with Crippen LogP contribution in [0.2, 0.25) is 0 Å². The van der Waals surface area contributed by atoms with E-state index in [1.54, 1.807) is 54.9 Å². The second-order valence-corrected chi connectivity index (χ2v) is 8.27. The maximum atomic E-state index is 13.4. The first-order chi connectivity index (χ1) is 16.8. The minimum Gasteiger partial charge on any atom is -0.448 e. The zero-order valence-electron chi connectivity index (χ0n) is 18.5. The number of terminal acetylenes is 1. The average Bonchev–Trinajstić information content (AvgIpc) is 3.28. The van der Waals surface area contributed by atoms with Gasteiger partial charge in [0.1, 0.15) is 11.6 Å². The molecule has 12 heteroatoms. The van der Waals surface area contributed by atoms with Crippen molar-refractivity contribution in [3.05, 3.63) is 53.0 Å². The van der Waals surface area contributed by atoms with Gasteiger partial charge in [0.05, 0.1) is 25.4 Å². The fraction of sp³-hybridized carbons (Fsp3) is 0.217. The smallest absolute Gasteiger partial charge is 0.433 e. The fourth-order valence-electron chi connectivity index (χ4n) is 3.37. The highest BCUT2D eigenvalue weighted by atomic mass is 32.1. The molecule has 0 aliphatic carbocycles. The molecule has 0 unspecified atom stereocenters. The van der Waals surface area contributed by atoms with Crippen LogP contribution in [0.15, 0.2) is 48.0 Å². The SMILES string of the molecule is C#Cc1nc(NC(=O)NN(C(=O)OCC)c2ccc(-c3cccnc3N3CC(F)(F)C3)cc2)cs1. The van der Waals surface area contributed by atoms with E-state index in [9.17, 15) is 18.4 Å². The van der Waals surface area contributed by atoms with E-state index in [-0.39, 0.29) is 12.4 Å². The van der Waals surface area contributed by atoms with E-state index in [1.807, 2.05) is 0 Å². The number of nitrogens with zero attached hydrogens (tertiary/aromatic N) is 4. The van der Waals surface area contributed by atoms with Crippen LogP contribution in [0, 0.1) is 12.3 Å². The van der Waals surface area contributed by atoms with Gasteiger partial charge in [0.15, 0.2) is 5.01 Å². The third-order valence-electron chi connectivity index (χ3n) is 4.90. The number of amides is 3. The molecule has 1 aliphatic heterocycles. The molecule has 180 valence electrons. The summed E-state index contributed by atoms with van der Waals surface area (Å²) in [7, 11) is 0. The first-order valence-electron chi connectivity index (χ1n) is 10.4. The van der Waals surface area contributed by atoms with Gasteiger partial charge in [0.2, 0.25) is 0 Å². The van der Waals surface area contributed by atoms with Crippen LogP contribution in [0.1, 0.15) is 11.9 Å². The summed E-state index contributed by atoms with van der Waals surface area (Å²) in [6.45, 7) is 0.937. The van der Waals surface area contributed by atoms with Gasteiger partial charge < -0.3 is 9.64 Å². The number of carbonyl (C=O) groups is 2. The number of thiazole rings is 1. The van der Waals surface area contributed by atoms with Crippen molar-refractivity contribution in [2.75, 3.05) is 34.9 Å². The molecule has 0 spiro atoms. The number of halogens is 2. The van der Waals surface area contributed by atoms with E-state index >= 15 is 0 Å². The van der Waals surface area contributed by atoms with Crippen LogP contribution in [-0.2, 0) is 4.74 Å².